The van der Waals surface area contributed by atoms with Crippen molar-refractivity contribution in [1.82, 2.24) is 5.32 Å². The van der Waals surface area contributed by atoms with Crippen LogP contribution in [0.25, 0.3) is 0 Å². The maximum Gasteiger partial charge on any atom is 0.220 e. The molecule has 3 N–H and O–H groups in total. The predicted octanol–water partition coefficient (Wildman–Crippen LogP) is 2.90. The fourth-order valence-corrected chi connectivity index (χ4v) is 2.73. The number of ether oxygens (including phenoxy) is 1. The maximum absolute atomic E-state index is 12.1. The van der Waals surface area contributed by atoms with Gasteiger partial charge in [0.15, 0.2) is 0 Å². The topological polar surface area (TPSA) is 64.3 Å². The van der Waals surface area contributed by atoms with E-state index < -0.39 is 0 Å². The van der Waals surface area contributed by atoms with Gasteiger partial charge in [0.1, 0.15) is 5.75 Å². The Labute approximate surface area is 134 Å². The van der Waals surface area contributed by atoms with Crippen LogP contribution in [0.2, 0.25) is 0 Å². The molecule has 124 valence electrons. The summed E-state index contributed by atoms with van der Waals surface area (Å²) >= 11 is 0. The van der Waals surface area contributed by atoms with E-state index >= 15 is 0 Å². The van der Waals surface area contributed by atoms with Crippen molar-refractivity contribution in [2.24, 2.45) is 11.7 Å². The van der Waals surface area contributed by atoms with Crippen LogP contribution in [-0.4, -0.2) is 25.1 Å². The first-order chi connectivity index (χ1) is 10.4. The SMILES string of the molecule is COc1ccc(CCCC(=O)NC(C)(CN)CC(C)C)cc1. The van der Waals surface area contributed by atoms with Gasteiger partial charge in [0, 0.05) is 18.5 Å². The van der Waals surface area contributed by atoms with Crippen LogP contribution in [0.5, 0.6) is 5.75 Å². The van der Waals surface area contributed by atoms with Crippen LogP contribution < -0.4 is 15.8 Å². The number of benzene rings is 1. The van der Waals surface area contributed by atoms with Gasteiger partial charge in [0.05, 0.1) is 7.11 Å². The number of amides is 1. The zero-order chi connectivity index (χ0) is 16.6. The molecule has 4 heteroatoms. The molecule has 1 aromatic carbocycles. The summed E-state index contributed by atoms with van der Waals surface area (Å²) in [5, 5.41) is 3.09. The molecule has 4 nitrogen and oxygen atoms in total. The lowest BCUT2D eigenvalue weighted by Gasteiger charge is -2.31. The summed E-state index contributed by atoms with van der Waals surface area (Å²) in [6.45, 7) is 6.78. The summed E-state index contributed by atoms with van der Waals surface area (Å²) in [5.41, 5.74) is 6.74. The molecule has 0 spiro atoms. The number of nitrogens with one attached hydrogen (secondary N) is 1. The molecule has 0 aliphatic carbocycles. The highest BCUT2D eigenvalue weighted by molar-refractivity contribution is 5.76. The number of methoxy groups -OCH3 is 1. The molecule has 22 heavy (non-hydrogen) atoms. The van der Waals surface area contributed by atoms with Gasteiger partial charge in [0.2, 0.25) is 5.91 Å². The average molecular weight is 306 g/mol. The molecule has 0 radical (unpaired) electrons. The summed E-state index contributed by atoms with van der Waals surface area (Å²) in [6.07, 6.45) is 3.15. The third-order valence-corrected chi connectivity index (χ3v) is 3.78. The van der Waals surface area contributed by atoms with Gasteiger partial charge in [-0.05, 0) is 49.8 Å². The van der Waals surface area contributed by atoms with Crippen molar-refractivity contribution in [2.45, 2.75) is 52.0 Å². The Bertz CT molecular complexity index is 457. The molecule has 1 rings (SSSR count). The largest absolute Gasteiger partial charge is 0.497 e. The molecule has 0 bridgehead atoms. The Morgan fingerprint density at radius 1 is 1.32 bits per heavy atom. The Kier molecular flexibility index (Phi) is 7.39. The molecule has 1 aromatic rings. The molecule has 0 fully saturated rings. The van der Waals surface area contributed by atoms with Crippen LogP contribution in [0.3, 0.4) is 0 Å². The van der Waals surface area contributed by atoms with Gasteiger partial charge in [-0.25, -0.2) is 0 Å². The van der Waals surface area contributed by atoms with E-state index in [1.54, 1.807) is 7.11 Å². The summed E-state index contributed by atoms with van der Waals surface area (Å²) in [5.74, 6) is 1.45. The average Bonchev–Trinajstić information content (AvgIpc) is 2.47. The molecule has 0 aliphatic rings. The summed E-state index contributed by atoms with van der Waals surface area (Å²) < 4.78 is 5.13. The van der Waals surface area contributed by atoms with Crippen LogP contribution in [0, 0.1) is 5.92 Å². The molecular weight excluding hydrogens is 276 g/mol. The zero-order valence-corrected chi connectivity index (χ0v) is 14.3. The van der Waals surface area contributed by atoms with Crippen LogP contribution in [0.1, 0.15) is 45.6 Å². The van der Waals surface area contributed by atoms with Gasteiger partial charge < -0.3 is 15.8 Å². The Hall–Kier alpha value is -1.55. The van der Waals surface area contributed by atoms with Crippen molar-refractivity contribution in [3.63, 3.8) is 0 Å². The third kappa shape index (κ3) is 6.48. The lowest BCUT2D eigenvalue weighted by molar-refractivity contribution is -0.123. The second-order valence-corrected chi connectivity index (χ2v) is 6.61. The number of nitrogens with two attached hydrogens (primary N) is 1. The van der Waals surface area contributed by atoms with Gasteiger partial charge in [-0.3, -0.25) is 4.79 Å². The van der Waals surface area contributed by atoms with Crippen molar-refractivity contribution < 1.29 is 9.53 Å². The number of hydrogen-bond donors (Lipinski definition) is 2. The second kappa shape index (κ2) is 8.79. The number of carbonyl (C=O) groups is 1. The van der Waals surface area contributed by atoms with E-state index in [2.05, 4.69) is 19.2 Å². The van der Waals surface area contributed by atoms with Gasteiger partial charge in [0.25, 0.3) is 0 Å². The Morgan fingerprint density at radius 3 is 2.45 bits per heavy atom. The molecular formula is C18H30N2O2. The van der Waals surface area contributed by atoms with Crippen molar-refractivity contribution in [3.05, 3.63) is 29.8 Å². The fraction of sp³-hybridized carbons (Fsp3) is 0.611. The molecule has 0 aromatic heterocycles. The zero-order valence-electron chi connectivity index (χ0n) is 14.3. The quantitative estimate of drug-likeness (QED) is 0.737. The second-order valence-electron chi connectivity index (χ2n) is 6.61. The minimum Gasteiger partial charge on any atom is -0.497 e. The molecule has 0 saturated heterocycles. The monoisotopic (exact) mass is 306 g/mol. The van der Waals surface area contributed by atoms with Crippen LogP contribution >= 0.6 is 0 Å². The van der Waals surface area contributed by atoms with Gasteiger partial charge in [-0.15, -0.1) is 0 Å². The van der Waals surface area contributed by atoms with Gasteiger partial charge in [-0.1, -0.05) is 26.0 Å². The number of hydrogen-bond acceptors (Lipinski definition) is 3. The van der Waals surface area contributed by atoms with Crippen molar-refractivity contribution in [2.75, 3.05) is 13.7 Å². The smallest absolute Gasteiger partial charge is 0.220 e. The van der Waals surface area contributed by atoms with Crippen molar-refractivity contribution >= 4 is 5.91 Å². The standard InChI is InChI=1S/C18H30N2O2/c1-14(2)12-18(3,13-19)20-17(21)7-5-6-15-8-10-16(22-4)11-9-15/h8-11,14H,5-7,12-13,19H2,1-4H3,(H,20,21). The Balaban J connectivity index is 2.38. The minimum atomic E-state index is -0.300. The van der Waals surface area contributed by atoms with Crippen LogP contribution in [0.15, 0.2) is 24.3 Å². The molecule has 0 aliphatic heterocycles. The van der Waals surface area contributed by atoms with E-state index in [4.69, 9.17) is 10.5 Å². The minimum absolute atomic E-state index is 0.0853. The maximum atomic E-state index is 12.1. The number of aryl methyl sites for hydroxylation is 1. The first-order valence-electron chi connectivity index (χ1n) is 8.02. The highest BCUT2D eigenvalue weighted by atomic mass is 16.5. The van der Waals surface area contributed by atoms with Crippen molar-refractivity contribution in [3.8, 4) is 5.75 Å². The highest BCUT2D eigenvalue weighted by Crippen LogP contribution is 2.16. The molecule has 1 unspecified atom stereocenters. The first kappa shape index (κ1) is 18.5. The van der Waals surface area contributed by atoms with Crippen molar-refractivity contribution in [1.29, 1.82) is 0 Å². The van der Waals surface area contributed by atoms with E-state index in [-0.39, 0.29) is 11.4 Å². The van der Waals surface area contributed by atoms with E-state index in [0.29, 0.717) is 18.9 Å². The van der Waals surface area contributed by atoms with E-state index in [1.165, 1.54) is 5.56 Å². The fourth-order valence-electron chi connectivity index (χ4n) is 2.73. The van der Waals surface area contributed by atoms with E-state index in [0.717, 1.165) is 25.0 Å². The van der Waals surface area contributed by atoms with E-state index in [9.17, 15) is 4.79 Å². The summed E-state index contributed by atoms with van der Waals surface area (Å²) in [4.78, 5) is 12.1. The van der Waals surface area contributed by atoms with Gasteiger partial charge >= 0.3 is 0 Å². The van der Waals surface area contributed by atoms with E-state index in [1.807, 2.05) is 31.2 Å². The predicted molar refractivity (Wildman–Crippen MR) is 91.0 cm³/mol. The van der Waals surface area contributed by atoms with Crippen LogP contribution in [-0.2, 0) is 11.2 Å². The lowest BCUT2D eigenvalue weighted by atomic mass is 9.90. The normalized spacial score (nSPS) is 13.7. The summed E-state index contributed by atoms with van der Waals surface area (Å²) in [7, 11) is 1.66. The Morgan fingerprint density at radius 2 is 1.95 bits per heavy atom. The third-order valence-electron chi connectivity index (χ3n) is 3.78. The first-order valence-corrected chi connectivity index (χ1v) is 8.02. The highest BCUT2D eigenvalue weighted by Gasteiger charge is 2.25. The lowest BCUT2D eigenvalue weighted by Crippen LogP contribution is -2.52. The van der Waals surface area contributed by atoms with Crippen LogP contribution in [0.4, 0.5) is 0 Å². The molecule has 0 saturated carbocycles. The number of rotatable bonds is 9. The molecule has 1 atom stereocenters. The molecule has 1 amide bonds. The summed E-state index contributed by atoms with van der Waals surface area (Å²) in [6, 6.07) is 7.98. The number of carbonyl (C=O) groups excluding carboxylic acids is 1. The van der Waals surface area contributed by atoms with Gasteiger partial charge in [-0.2, -0.15) is 0 Å². The molecule has 0 heterocycles.